The Morgan fingerprint density at radius 2 is 1.43 bits per heavy atom. The van der Waals surface area contributed by atoms with E-state index in [4.69, 9.17) is 15.9 Å². The van der Waals surface area contributed by atoms with Crippen molar-refractivity contribution in [2.75, 3.05) is 6.54 Å². The summed E-state index contributed by atoms with van der Waals surface area (Å²) in [5.74, 6) is -4.54. The van der Waals surface area contributed by atoms with Crippen molar-refractivity contribution in [3.8, 4) is 0 Å². The standard InChI is InChI=1S/C27H41FN6O8/c1-15(28)13-20(34-25(40)17(3)31-21(35)11-9-18-7-5-4-6-8-18)26(41)30-14-22(36)33-19(10-12-23(37)38)27(42)32-16(2)24(29)39/h4-8,15-17,19-20,23,37-38H,9-14H2,1-3H3,(H2,29,39)(H,30,41)(H,31,35)(H,32,42)(H,33,36)(H,34,40)/t15?,16-,17-,19-,20-/m0/s1. The Labute approximate surface area is 243 Å². The molecule has 14 nitrogen and oxygen atoms in total. The van der Waals surface area contributed by atoms with Crippen LogP contribution in [0.25, 0.3) is 0 Å². The summed E-state index contributed by atoms with van der Waals surface area (Å²) in [6.45, 7) is 3.23. The number of nitrogens with one attached hydrogen (secondary N) is 5. The molecule has 0 saturated carbocycles. The molecule has 0 spiro atoms. The Morgan fingerprint density at radius 3 is 2.00 bits per heavy atom. The van der Waals surface area contributed by atoms with E-state index >= 15 is 0 Å². The van der Waals surface area contributed by atoms with Gasteiger partial charge in [-0.3, -0.25) is 28.8 Å². The van der Waals surface area contributed by atoms with Gasteiger partial charge in [0.1, 0.15) is 24.2 Å². The molecule has 42 heavy (non-hydrogen) atoms. The normalized spacial score (nSPS) is 14.5. The van der Waals surface area contributed by atoms with Gasteiger partial charge in [0.25, 0.3) is 0 Å². The molecule has 0 bridgehead atoms. The predicted molar refractivity (Wildman–Crippen MR) is 149 cm³/mol. The minimum absolute atomic E-state index is 0.125. The Bertz CT molecular complexity index is 1070. The lowest BCUT2D eigenvalue weighted by atomic mass is 10.1. The maximum atomic E-state index is 13.8. The zero-order chi connectivity index (χ0) is 31.8. The average Bonchev–Trinajstić information content (AvgIpc) is 2.92. The van der Waals surface area contributed by atoms with Crippen LogP contribution in [0.3, 0.4) is 0 Å². The van der Waals surface area contributed by atoms with Gasteiger partial charge in [0, 0.05) is 19.3 Å². The number of benzene rings is 1. The van der Waals surface area contributed by atoms with Crippen molar-refractivity contribution >= 4 is 35.4 Å². The van der Waals surface area contributed by atoms with Gasteiger partial charge in [0.05, 0.1) is 12.7 Å². The highest BCUT2D eigenvalue weighted by atomic mass is 19.1. The number of carbonyl (C=O) groups excluding carboxylic acids is 6. The summed E-state index contributed by atoms with van der Waals surface area (Å²) in [7, 11) is 0. The lowest BCUT2D eigenvalue weighted by Crippen LogP contribution is -2.56. The number of primary amides is 1. The molecule has 0 saturated heterocycles. The number of aliphatic hydroxyl groups is 2. The highest BCUT2D eigenvalue weighted by Crippen LogP contribution is 2.05. The van der Waals surface area contributed by atoms with Gasteiger partial charge in [-0.05, 0) is 39.2 Å². The maximum Gasteiger partial charge on any atom is 0.243 e. The van der Waals surface area contributed by atoms with Crippen molar-refractivity contribution in [1.82, 2.24) is 26.6 Å². The van der Waals surface area contributed by atoms with E-state index in [9.17, 15) is 33.2 Å². The van der Waals surface area contributed by atoms with Crippen molar-refractivity contribution in [2.45, 2.75) is 89.5 Å². The third-order valence-corrected chi connectivity index (χ3v) is 6.02. The number of hydrogen-bond donors (Lipinski definition) is 8. The van der Waals surface area contributed by atoms with Crippen LogP contribution in [-0.2, 0) is 35.2 Å². The number of amides is 6. The van der Waals surface area contributed by atoms with Crippen molar-refractivity contribution in [3.05, 3.63) is 35.9 Å². The molecule has 5 atom stereocenters. The number of nitrogens with two attached hydrogens (primary N) is 1. The summed E-state index contributed by atoms with van der Waals surface area (Å²) >= 11 is 0. The smallest absolute Gasteiger partial charge is 0.243 e. The highest BCUT2D eigenvalue weighted by Gasteiger charge is 2.28. The second kappa shape index (κ2) is 18.3. The van der Waals surface area contributed by atoms with E-state index < -0.39 is 85.0 Å². The second-order valence-electron chi connectivity index (χ2n) is 9.88. The molecular formula is C27H41FN6O8. The fourth-order valence-electron chi connectivity index (χ4n) is 3.64. The van der Waals surface area contributed by atoms with Crippen LogP contribution in [0, 0.1) is 0 Å². The van der Waals surface area contributed by atoms with Crippen molar-refractivity contribution in [3.63, 3.8) is 0 Å². The van der Waals surface area contributed by atoms with Crippen LogP contribution < -0.4 is 32.3 Å². The summed E-state index contributed by atoms with van der Waals surface area (Å²) in [4.78, 5) is 73.8. The van der Waals surface area contributed by atoms with E-state index in [2.05, 4.69) is 26.6 Å². The maximum absolute atomic E-state index is 13.8. The van der Waals surface area contributed by atoms with Crippen LogP contribution in [0.2, 0.25) is 0 Å². The third-order valence-electron chi connectivity index (χ3n) is 6.02. The average molecular weight is 597 g/mol. The van der Waals surface area contributed by atoms with Gasteiger partial charge in [0.2, 0.25) is 35.4 Å². The lowest BCUT2D eigenvalue weighted by Gasteiger charge is -2.23. The number of rotatable bonds is 18. The van der Waals surface area contributed by atoms with Crippen LogP contribution in [0.5, 0.6) is 0 Å². The van der Waals surface area contributed by atoms with Gasteiger partial charge in [0.15, 0.2) is 6.29 Å². The summed E-state index contributed by atoms with van der Waals surface area (Å²) in [6, 6.07) is 4.48. The molecule has 0 aromatic heterocycles. The molecule has 1 rings (SSSR count). The molecule has 9 N–H and O–H groups in total. The summed E-state index contributed by atoms with van der Waals surface area (Å²) in [6.07, 6.45) is -3.62. The number of halogens is 1. The van der Waals surface area contributed by atoms with E-state index in [1.54, 1.807) is 0 Å². The summed E-state index contributed by atoms with van der Waals surface area (Å²) < 4.78 is 13.8. The number of carbonyl (C=O) groups is 6. The topological polar surface area (TPSA) is 229 Å². The number of alkyl halides is 1. The molecule has 1 aromatic rings. The number of aliphatic hydroxyl groups excluding tert-OH is 1. The van der Waals surface area contributed by atoms with Crippen molar-refractivity contribution in [2.24, 2.45) is 5.73 Å². The predicted octanol–water partition coefficient (Wildman–Crippen LogP) is -1.96. The largest absolute Gasteiger partial charge is 0.368 e. The second-order valence-corrected chi connectivity index (χ2v) is 9.88. The molecule has 6 amide bonds. The first kappa shape index (κ1) is 35.9. The molecule has 0 fully saturated rings. The molecule has 0 aliphatic carbocycles. The fraction of sp³-hybridized carbons (Fsp3) is 0.556. The van der Waals surface area contributed by atoms with Crippen molar-refractivity contribution < 1.29 is 43.4 Å². The van der Waals surface area contributed by atoms with Crippen molar-refractivity contribution in [1.29, 1.82) is 0 Å². The number of hydrogen-bond acceptors (Lipinski definition) is 8. The third kappa shape index (κ3) is 14.5. The lowest BCUT2D eigenvalue weighted by molar-refractivity contribution is -0.133. The van der Waals surface area contributed by atoms with Gasteiger partial charge in [-0.2, -0.15) is 0 Å². The highest BCUT2D eigenvalue weighted by molar-refractivity contribution is 5.95. The van der Waals surface area contributed by atoms with E-state index in [0.717, 1.165) is 5.56 Å². The Balaban J connectivity index is 2.70. The monoisotopic (exact) mass is 596 g/mol. The first-order valence-corrected chi connectivity index (χ1v) is 13.5. The van der Waals surface area contributed by atoms with Crippen LogP contribution in [0.15, 0.2) is 30.3 Å². The molecule has 15 heteroatoms. The molecule has 234 valence electrons. The summed E-state index contributed by atoms with van der Waals surface area (Å²) in [5, 5.41) is 30.0. The van der Waals surface area contributed by atoms with Gasteiger partial charge in [-0.25, -0.2) is 4.39 Å². The first-order chi connectivity index (χ1) is 19.7. The van der Waals surface area contributed by atoms with Crippen LogP contribution in [0.1, 0.15) is 52.0 Å². The van der Waals surface area contributed by atoms with Gasteiger partial charge >= 0.3 is 0 Å². The first-order valence-electron chi connectivity index (χ1n) is 13.5. The Kier molecular flexibility index (Phi) is 15.7. The van der Waals surface area contributed by atoms with E-state index in [0.29, 0.717) is 6.42 Å². The molecular weight excluding hydrogens is 555 g/mol. The Hall–Kier alpha value is -4.11. The van der Waals surface area contributed by atoms with Crippen LogP contribution in [-0.4, -0.2) is 88.8 Å². The quantitative estimate of drug-likeness (QED) is 0.0885. The molecule has 1 unspecified atom stereocenters. The Morgan fingerprint density at radius 1 is 0.786 bits per heavy atom. The van der Waals surface area contributed by atoms with Gasteiger partial charge in [-0.15, -0.1) is 0 Å². The summed E-state index contributed by atoms with van der Waals surface area (Å²) in [5.41, 5.74) is 6.06. The van der Waals surface area contributed by atoms with Crippen LogP contribution >= 0.6 is 0 Å². The molecule has 0 aliphatic heterocycles. The zero-order valence-corrected chi connectivity index (χ0v) is 23.9. The van der Waals surface area contributed by atoms with E-state index in [1.165, 1.54) is 20.8 Å². The number of aryl methyl sites for hydroxylation is 1. The van der Waals surface area contributed by atoms with Crippen LogP contribution in [0.4, 0.5) is 4.39 Å². The fourth-order valence-corrected chi connectivity index (χ4v) is 3.64. The molecule has 1 aromatic carbocycles. The van der Waals surface area contributed by atoms with Gasteiger partial charge in [-0.1, -0.05) is 30.3 Å². The SMILES string of the molecule is CC(F)C[C@H](NC(=O)[C@H](C)NC(=O)CCc1ccccc1)C(=O)NCC(=O)N[C@@H](CCC(O)O)C(=O)N[C@@H](C)C(N)=O. The molecule has 0 heterocycles. The minimum Gasteiger partial charge on any atom is -0.368 e. The van der Waals surface area contributed by atoms with E-state index in [1.807, 2.05) is 30.3 Å². The molecule has 0 radical (unpaired) electrons. The molecule has 0 aliphatic rings. The zero-order valence-electron chi connectivity index (χ0n) is 23.9. The minimum atomic E-state index is -1.77. The van der Waals surface area contributed by atoms with Gasteiger partial charge < -0.3 is 42.5 Å². The van der Waals surface area contributed by atoms with E-state index in [-0.39, 0.29) is 19.3 Å².